The first-order chi connectivity index (χ1) is 14.2. The zero-order chi connectivity index (χ0) is 20.2. The Morgan fingerprint density at radius 1 is 1.17 bits per heavy atom. The molecule has 0 atom stereocenters. The highest BCUT2D eigenvalue weighted by atomic mass is 32.2. The molecule has 0 unspecified atom stereocenters. The number of hydrogen-bond donors (Lipinski definition) is 1. The third-order valence-corrected chi connectivity index (χ3v) is 5.77. The van der Waals surface area contributed by atoms with Crippen molar-refractivity contribution < 1.29 is 9.53 Å². The fourth-order valence-electron chi connectivity index (χ4n) is 3.18. The van der Waals surface area contributed by atoms with Crippen molar-refractivity contribution in [2.24, 2.45) is 0 Å². The van der Waals surface area contributed by atoms with E-state index in [2.05, 4.69) is 10.2 Å². The molecule has 1 aromatic heterocycles. The van der Waals surface area contributed by atoms with Gasteiger partial charge in [-0.1, -0.05) is 54.2 Å². The number of nitrogens with zero attached hydrogens (tertiary/aromatic N) is 4. The highest BCUT2D eigenvalue weighted by Gasteiger charge is 2.32. The molecule has 1 fully saturated rings. The molecule has 0 aliphatic heterocycles. The maximum Gasteiger partial charge on any atom is 0.233 e. The number of rotatable bonds is 8. The Balaban J connectivity index is 1.44. The number of aromatic nitrogens is 3. The highest BCUT2D eigenvalue weighted by Crippen LogP contribution is 2.31. The predicted octanol–water partition coefficient (Wildman–Crippen LogP) is 2.95. The smallest absolute Gasteiger partial charge is 0.233 e. The minimum atomic E-state index is 0.0863. The van der Waals surface area contributed by atoms with E-state index in [1.807, 2.05) is 59.5 Å². The molecule has 29 heavy (non-hydrogen) atoms. The molecule has 0 saturated heterocycles. The van der Waals surface area contributed by atoms with Crippen LogP contribution in [0.5, 0.6) is 5.75 Å². The van der Waals surface area contributed by atoms with E-state index in [1.165, 1.54) is 16.4 Å². The summed E-state index contributed by atoms with van der Waals surface area (Å²) in [6.45, 7) is 0.632. The number of amides is 1. The molecule has 0 bridgehead atoms. The number of ether oxygens (including phenoxy) is 1. The summed E-state index contributed by atoms with van der Waals surface area (Å²) in [5, 5.41) is 8.86. The molecule has 2 N–H and O–H groups in total. The standard InChI is InChI=1S/C21H23N5O2S/c1-28-18-10-6-5-9-17(18)20-23-24-21(26(20)22)29-14-19(27)25(16-11-12-16)13-15-7-3-2-4-8-15/h2-10,16H,11-14,22H2,1H3. The lowest BCUT2D eigenvalue weighted by atomic mass is 10.2. The van der Waals surface area contributed by atoms with Crippen LogP contribution in [0.4, 0.5) is 0 Å². The van der Waals surface area contributed by atoms with Crippen molar-refractivity contribution in [3.05, 3.63) is 60.2 Å². The largest absolute Gasteiger partial charge is 0.496 e. The monoisotopic (exact) mass is 409 g/mol. The molecule has 1 aliphatic carbocycles. The summed E-state index contributed by atoms with van der Waals surface area (Å²) in [7, 11) is 1.60. The summed E-state index contributed by atoms with van der Waals surface area (Å²) in [4.78, 5) is 14.8. The van der Waals surface area contributed by atoms with Crippen LogP contribution in [0.2, 0.25) is 0 Å². The topological polar surface area (TPSA) is 86.3 Å². The Hall–Kier alpha value is -3.00. The minimum Gasteiger partial charge on any atom is -0.496 e. The Bertz CT molecular complexity index is 988. The van der Waals surface area contributed by atoms with Gasteiger partial charge in [0.15, 0.2) is 5.82 Å². The summed E-state index contributed by atoms with van der Waals surface area (Å²) in [6, 6.07) is 17.9. The summed E-state index contributed by atoms with van der Waals surface area (Å²) in [6.07, 6.45) is 2.13. The van der Waals surface area contributed by atoms with E-state index in [4.69, 9.17) is 10.6 Å². The number of benzene rings is 2. The van der Waals surface area contributed by atoms with Gasteiger partial charge in [0, 0.05) is 12.6 Å². The predicted molar refractivity (Wildman–Crippen MR) is 113 cm³/mol. The van der Waals surface area contributed by atoms with Crippen molar-refractivity contribution in [1.29, 1.82) is 0 Å². The van der Waals surface area contributed by atoms with Crippen LogP contribution < -0.4 is 10.6 Å². The number of nitrogens with two attached hydrogens (primary N) is 1. The van der Waals surface area contributed by atoms with Crippen LogP contribution in [0.3, 0.4) is 0 Å². The normalized spacial score (nSPS) is 13.3. The van der Waals surface area contributed by atoms with E-state index in [9.17, 15) is 4.79 Å². The summed E-state index contributed by atoms with van der Waals surface area (Å²) >= 11 is 1.30. The first kappa shape index (κ1) is 19.3. The van der Waals surface area contributed by atoms with Crippen molar-refractivity contribution in [3.8, 4) is 17.1 Å². The van der Waals surface area contributed by atoms with E-state index in [0.29, 0.717) is 29.3 Å². The van der Waals surface area contributed by atoms with Gasteiger partial charge in [0.2, 0.25) is 11.1 Å². The van der Waals surface area contributed by atoms with E-state index in [0.717, 1.165) is 24.0 Å². The second-order valence-corrected chi connectivity index (χ2v) is 7.85. The average Bonchev–Trinajstić information content (AvgIpc) is 3.54. The van der Waals surface area contributed by atoms with Crippen molar-refractivity contribution in [3.63, 3.8) is 0 Å². The molecular weight excluding hydrogens is 386 g/mol. The van der Waals surface area contributed by atoms with Gasteiger partial charge in [0.25, 0.3) is 0 Å². The quantitative estimate of drug-likeness (QED) is 0.455. The summed E-state index contributed by atoms with van der Waals surface area (Å²) < 4.78 is 6.79. The van der Waals surface area contributed by atoms with Gasteiger partial charge in [-0.25, -0.2) is 4.68 Å². The van der Waals surface area contributed by atoms with Gasteiger partial charge >= 0.3 is 0 Å². The highest BCUT2D eigenvalue weighted by molar-refractivity contribution is 7.99. The van der Waals surface area contributed by atoms with Gasteiger partial charge in [0.1, 0.15) is 5.75 Å². The zero-order valence-electron chi connectivity index (χ0n) is 16.2. The van der Waals surface area contributed by atoms with Gasteiger partial charge < -0.3 is 15.5 Å². The lowest BCUT2D eigenvalue weighted by Gasteiger charge is -2.22. The molecule has 150 valence electrons. The Labute approximate surface area is 173 Å². The van der Waals surface area contributed by atoms with E-state index >= 15 is 0 Å². The Morgan fingerprint density at radius 2 is 1.90 bits per heavy atom. The minimum absolute atomic E-state index is 0.0863. The third-order valence-electron chi connectivity index (χ3n) is 4.84. The van der Waals surface area contributed by atoms with Gasteiger partial charge in [-0.3, -0.25) is 4.79 Å². The lowest BCUT2D eigenvalue weighted by Crippen LogP contribution is -2.34. The number of para-hydroxylation sites is 1. The number of nitrogen functional groups attached to an aromatic ring is 1. The maximum atomic E-state index is 12.9. The van der Waals surface area contributed by atoms with Crippen LogP contribution in [0.25, 0.3) is 11.4 Å². The van der Waals surface area contributed by atoms with Gasteiger partial charge in [-0.15, -0.1) is 10.2 Å². The summed E-state index contributed by atoms with van der Waals surface area (Å²) in [5.41, 5.74) is 1.89. The molecule has 1 heterocycles. The van der Waals surface area contributed by atoms with Crippen LogP contribution in [0, 0.1) is 0 Å². The SMILES string of the molecule is COc1ccccc1-c1nnc(SCC(=O)N(Cc2ccccc2)C2CC2)n1N. The zero-order valence-corrected chi connectivity index (χ0v) is 17.0. The van der Waals surface area contributed by atoms with E-state index in [-0.39, 0.29) is 11.7 Å². The molecule has 1 saturated carbocycles. The van der Waals surface area contributed by atoms with Crippen molar-refractivity contribution in [2.45, 2.75) is 30.6 Å². The van der Waals surface area contributed by atoms with Gasteiger partial charge in [-0.2, -0.15) is 0 Å². The average molecular weight is 410 g/mol. The molecule has 8 heteroatoms. The fraction of sp³-hybridized carbons (Fsp3) is 0.286. The first-order valence-corrected chi connectivity index (χ1v) is 10.5. The van der Waals surface area contributed by atoms with E-state index in [1.54, 1.807) is 7.11 Å². The van der Waals surface area contributed by atoms with Gasteiger partial charge in [-0.05, 0) is 30.5 Å². The summed E-state index contributed by atoms with van der Waals surface area (Å²) in [5.74, 6) is 7.73. The first-order valence-electron chi connectivity index (χ1n) is 9.47. The third kappa shape index (κ3) is 4.37. The molecule has 0 spiro atoms. The Kier molecular flexibility index (Phi) is 5.71. The molecular formula is C21H23N5O2S. The molecule has 2 aromatic carbocycles. The maximum absolute atomic E-state index is 12.9. The second kappa shape index (κ2) is 8.57. The van der Waals surface area contributed by atoms with Crippen LogP contribution in [0.15, 0.2) is 59.8 Å². The number of thioether (sulfide) groups is 1. The molecule has 7 nitrogen and oxygen atoms in total. The van der Waals surface area contributed by atoms with E-state index < -0.39 is 0 Å². The number of methoxy groups -OCH3 is 1. The number of carbonyl (C=O) groups is 1. The van der Waals surface area contributed by atoms with Crippen LogP contribution >= 0.6 is 11.8 Å². The van der Waals surface area contributed by atoms with Crippen LogP contribution in [-0.2, 0) is 11.3 Å². The molecule has 1 aliphatic rings. The van der Waals surface area contributed by atoms with Gasteiger partial charge in [0.05, 0.1) is 18.4 Å². The number of hydrogen-bond acceptors (Lipinski definition) is 6. The molecule has 3 aromatic rings. The van der Waals surface area contributed by atoms with Crippen LogP contribution in [0.1, 0.15) is 18.4 Å². The molecule has 4 rings (SSSR count). The van der Waals surface area contributed by atoms with Crippen molar-refractivity contribution >= 4 is 17.7 Å². The molecule has 1 amide bonds. The van der Waals surface area contributed by atoms with Crippen molar-refractivity contribution in [1.82, 2.24) is 19.8 Å². The van der Waals surface area contributed by atoms with Crippen molar-refractivity contribution in [2.75, 3.05) is 18.7 Å². The molecule has 0 radical (unpaired) electrons. The number of carbonyl (C=O) groups excluding carboxylic acids is 1. The lowest BCUT2D eigenvalue weighted by molar-refractivity contribution is -0.129. The van der Waals surface area contributed by atoms with Crippen LogP contribution in [-0.4, -0.2) is 44.6 Å². The fourth-order valence-corrected chi connectivity index (χ4v) is 3.93. The Morgan fingerprint density at radius 3 is 2.62 bits per heavy atom. The second-order valence-electron chi connectivity index (χ2n) is 6.90.